The van der Waals surface area contributed by atoms with Crippen molar-refractivity contribution in [3.05, 3.63) is 65.0 Å². The second-order valence-corrected chi connectivity index (χ2v) is 10.2. The smallest absolute Gasteiger partial charge is 0.446 e. The Kier molecular flexibility index (Phi) is 7.12. The molecule has 0 spiro atoms. The van der Waals surface area contributed by atoms with E-state index >= 15 is 0 Å². The lowest BCUT2D eigenvalue weighted by atomic mass is 10.2. The van der Waals surface area contributed by atoms with Gasteiger partial charge in [0.25, 0.3) is 0 Å². The number of nitrogens with zero attached hydrogens (tertiary/aromatic N) is 4. The van der Waals surface area contributed by atoms with Crippen LogP contribution in [0.15, 0.2) is 58.6 Å². The van der Waals surface area contributed by atoms with Gasteiger partial charge >= 0.3 is 21.4 Å². The summed E-state index contributed by atoms with van der Waals surface area (Å²) in [6.45, 7) is 0.839. The summed E-state index contributed by atoms with van der Waals surface area (Å²) < 4.78 is 74.1. The second-order valence-electron chi connectivity index (χ2n) is 7.43. The van der Waals surface area contributed by atoms with Crippen molar-refractivity contribution in [1.29, 1.82) is 0 Å². The summed E-state index contributed by atoms with van der Waals surface area (Å²) in [5.74, 6) is -0.435. The first-order valence-corrected chi connectivity index (χ1v) is 12.4. The van der Waals surface area contributed by atoms with Gasteiger partial charge in [-0.3, -0.25) is 14.3 Å². The Morgan fingerprint density at radius 2 is 1.83 bits per heavy atom. The number of morpholine rings is 1. The first-order valence-electron chi connectivity index (χ1n) is 10.2. The molecule has 1 fully saturated rings. The second kappa shape index (κ2) is 9.93. The molecule has 0 bridgehead atoms. The van der Waals surface area contributed by atoms with Crippen LogP contribution < -0.4 is 10.4 Å². The molecule has 1 aliphatic rings. The molecule has 1 aromatic carbocycles. The lowest BCUT2D eigenvalue weighted by Crippen LogP contribution is -2.43. The summed E-state index contributed by atoms with van der Waals surface area (Å²) in [4.78, 5) is 16.8. The zero-order valence-electron chi connectivity index (χ0n) is 18.0. The van der Waals surface area contributed by atoms with Gasteiger partial charge in [0.05, 0.1) is 43.5 Å². The zero-order chi connectivity index (χ0) is 25.2. The van der Waals surface area contributed by atoms with E-state index < -0.39 is 27.3 Å². The van der Waals surface area contributed by atoms with Crippen LogP contribution in [0.1, 0.15) is 5.56 Å². The van der Waals surface area contributed by atoms with Crippen LogP contribution in [0.4, 0.5) is 18.9 Å². The van der Waals surface area contributed by atoms with Crippen LogP contribution in [-0.4, -0.2) is 63.8 Å². The minimum atomic E-state index is -4.45. The fourth-order valence-electron chi connectivity index (χ4n) is 3.46. The molecule has 0 radical (unpaired) electrons. The van der Waals surface area contributed by atoms with Gasteiger partial charge in [-0.15, -0.1) is 0 Å². The molecule has 0 saturated carbocycles. The number of benzene rings is 1. The van der Waals surface area contributed by atoms with Gasteiger partial charge in [-0.05, 0) is 47.7 Å². The molecule has 0 unspecified atom stereocenters. The van der Waals surface area contributed by atoms with E-state index in [4.69, 9.17) is 4.74 Å². The van der Waals surface area contributed by atoms with Crippen LogP contribution in [0.2, 0.25) is 0 Å². The molecule has 188 valence electrons. The van der Waals surface area contributed by atoms with Crippen molar-refractivity contribution >= 4 is 27.7 Å². The number of halogens is 3. The van der Waals surface area contributed by atoms with Crippen molar-refractivity contribution < 1.29 is 31.4 Å². The summed E-state index contributed by atoms with van der Waals surface area (Å²) in [7, 11) is -3.89. The van der Waals surface area contributed by atoms with E-state index in [1.54, 1.807) is 0 Å². The Morgan fingerprint density at radius 3 is 2.49 bits per heavy atom. The predicted octanol–water partition coefficient (Wildman–Crippen LogP) is 2.39. The van der Waals surface area contributed by atoms with Crippen LogP contribution in [0.25, 0.3) is 5.69 Å². The molecular weight excluding hydrogens is 511 g/mol. The highest BCUT2D eigenvalue weighted by atomic mass is 32.2. The van der Waals surface area contributed by atoms with Gasteiger partial charge in [0.2, 0.25) is 5.88 Å². The van der Waals surface area contributed by atoms with Crippen molar-refractivity contribution in [2.24, 2.45) is 0 Å². The molecular formula is C20H20F3N5O5S2. The molecule has 0 aliphatic carbocycles. The lowest BCUT2D eigenvalue weighted by Gasteiger charge is -2.26. The Bertz CT molecular complexity index is 1350. The van der Waals surface area contributed by atoms with Crippen molar-refractivity contribution in [2.45, 2.75) is 16.9 Å². The van der Waals surface area contributed by atoms with Crippen LogP contribution >= 0.6 is 11.8 Å². The van der Waals surface area contributed by atoms with E-state index in [9.17, 15) is 31.5 Å². The summed E-state index contributed by atoms with van der Waals surface area (Å²) >= 11 is -0.291. The normalized spacial score (nSPS) is 15.3. The van der Waals surface area contributed by atoms with E-state index in [1.165, 1.54) is 47.0 Å². The largest absolute Gasteiger partial charge is 0.493 e. The number of nitrogens with one attached hydrogen (secondary N) is 1. The molecule has 1 saturated heterocycles. The lowest BCUT2D eigenvalue weighted by molar-refractivity contribution is -0.0328. The van der Waals surface area contributed by atoms with E-state index in [0.717, 1.165) is 15.3 Å². The fourth-order valence-corrected chi connectivity index (χ4v) is 5.22. The molecule has 0 amide bonds. The van der Waals surface area contributed by atoms with Crippen LogP contribution in [0, 0.1) is 0 Å². The number of aromatic hydroxyl groups is 1. The number of imidazole rings is 1. The number of hydrogen-bond donors (Lipinski definition) is 2. The third kappa shape index (κ3) is 5.98. The van der Waals surface area contributed by atoms with Gasteiger partial charge in [-0.2, -0.15) is 25.9 Å². The highest BCUT2D eigenvalue weighted by molar-refractivity contribution is 8.00. The highest BCUT2D eigenvalue weighted by Crippen LogP contribution is 2.37. The van der Waals surface area contributed by atoms with Gasteiger partial charge in [-0.1, -0.05) is 0 Å². The average Bonchev–Trinajstić information content (AvgIpc) is 3.08. The average molecular weight is 532 g/mol. The number of aromatic nitrogens is 3. The fraction of sp³-hybridized carbons (Fsp3) is 0.300. The third-order valence-corrected chi connectivity index (χ3v) is 7.33. The Balaban J connectivity index is 1.58. The van der Waals surface area contributed by atoms with Crippen LogP contribution in [0.3, 0.4) is 0 Å². The highest BCUT2D eigenvalue weighted by Gasteiger charge is 2.29. The topological polar surface area (TPSA) is 119 Å². The van der Waals surface area contributed by atoms with Crippen molar-refractivity contribution in [3.63, 3.8) is 0 Å². The van der Waals surface area contributed by atoms with Gasteiger partial charge < -0.3 is 9.84 Å². The monoisotopic (exact) mass is 531 g/mol. The maximum Gasteiger partial charge on any atom is 0.446 e. The maximum atomic E-state index is 13.0. The molecule has 3 aromatic rings. The molecule has 4 rings (SSSR count). The first kappa shape index (κ1) is 25.1. The first-order chi connectivity index (χ1) is 16.5. The van der Waals surface area contributed by atoms with Gasteiger partial charge in [0, 0.05) is 24.2 Å². The number of rotatable bonds is 7. The number of thioether (sulfide) groups is 1. The molecule has 0 atom stereocenters. The van der Waals surface area contributed by atoms with E-state index in [2.05, 4.69) is 9.71 Å². The predicted molar refractivity (Wildman–Crippen MR) is 122 cm³/mol. The van der Waals surface area contributed by atoms with E-state index in [0.29, 0.717) is 5.56 Å². The van der Waals surface area contributed by atoms with Crippen molar-refractivity contribution in [2.75, 3.05) is 31.0 Å². The number of ether oxygens (including phenoxy) is 1. The Labute approximate surface area is 202 Å². The van der Waals surface area contributed by atoms with Crippen LogP contribution in [-0.2, 0) is 21.5 Å². The number of pyridine rings is 1. The summed E-state index contributed by atoms with van der Waals surface area (Å²) in [5.41, 5.74) is -4.38. The standard InChI is InChI=1S/C20H20F3N5O5S2/c21-20(22,23)34-16-3-1-15(2-4-16)28-18(29)13-26(19(28)30)12-14-5-6-24-11-17(14)25-35(31,32)27-7-9-33-10-8-27/h1-6,11,13,25,29H,7-10,12H2. The van der Waals surface area contributed by atoms with E-state index in [-0.39, 0.29) is 60.9 Å². The van der Waals surface area contributed by atoms with Gasteiger partial charge in [0.1, 0.15) is 0 Å². The summed E-state index contributed by atoms with van der Waals surface area (Å²) in [6, 6.07) is 6.49. The molecule has 2 aromatic heterocycles. The molecule has 2 N–H and O–H groups in total. The number of anilines is 1. The zero-order valence-corrected chi connectivity index (χ0v) is 19.6. The van der Waals surface area contributed by atoms with E-state index in [1.807, 2.05) is 0 Å². The number of alkyl halides is 3. The molecule has 15 heteroatoms. The molecule has 10 nitrogen and oxygen atoms in total. The Morgan fingerprint density at radius 1 is 1.14 bits per heavy atom. The SMILES string of the molecule is O=c1n(Cc2ccncc2NS(=O)(=O)N2CCOCC2)cc(O)n1-c1ccc(SC(F)(F)F)cc1. The van der Waals surface area contributed by atoms with Crippen molar-refractivity contribution in [1.82, 2.24) is 18.4 Å². The molecule has 3 heterocycles. The minimum absolute atomic E-state index is 0.0674. The van der Waals surface area contributed by atoms with Gasteiger partial charge in [0.15, 0.2) is 0 Å². The summed E-state index contributed by atoms with van der Waals surface area (Å²) in [5, 5.41) is 10.3. The molecule has 1 aliphatic heterocycles. The Hall–Kier alpha value is -3.01. The maximum absolute atomic E-state index is 13.0. The van der Waals surface area contributed by atoms with Gasteiger partial charge in [-0.25, -0.2) is 9.36 Å². The van der Waals surface area contributed by atoms with Crippen molar-refractivity contribution in [3.8, 4) is 11.6 Å². The summed E-state index contributed by atoms with van der Waals surface area (Å²) in [6.07, 6.45) is 3.90. The van der Waals surface area contributed by atoms with Crippen LogP contribution in [0.5, 0.6) is 5.88 Å². The quantitative estimate of drug-likeness (QED) is 0.450. The minimum Gasteiger partial charge on any atom is -0.493 e. The third-order valence-electron chi connectivity index (χ3n) is 5.07. The molecule has 35 heavy (non-hydrogen) atoms. The number of hydrogen-bond acceptors (Lipinski definition) is 7.